The van der Waals surface area contributed by atoms with Crippen LogP contribution in [-0.2, 0) is 0 Å². The van der Waals surface area contributed by atoms with Crippen LogP contribution in [0.2, 0.25) is 0 Å². The van der Waals surface area contributed by atoms with E-state index in [0.717, 1.165) is 3.79 Å². The molecule has 82 valence electrons. The Morgan fingerprint density at radius 2 is 2.31 bits per heavy atom. The van der Waals surface area contributed by atoms with Gasteiger partial charge in [0.25, 0.3) is 5.91 Å². The minimum Gasteiger partial charge on any atom is -0.320 e. The second-order valence-corrected chi connectivity index (χ2v) is 5.34. The number of nitrogens with one attached hydrogen (secondary N) is 1. The molecule has 0 unspecified atom stereocenters. The quantitative estimate of drug-likeness (QED) is 0.924. The summed E-state index contributed by atoms with van der Waals surface area (Å²) in [5.74, 6) is -0.737. The topological polar surface area (TPSA) is 42.0 Å². The molecule has 0 radical (unpaired) electrons. The van der Waals surface area contributed by atoms with E-state index < -0.39 is 5.82 Å². The van der Waals surface area contributed by atoms with Gasteiger partial charge in [-0.15, -0.1) is 11.3 Å². The third-order valence-electron chi connectivity index (χ3n) is 1.75. The lowest BCUT2D eigenvalue weighted by Gasteiger charge is -2.01. The van der Waals surface area contributed by atoms with E-state index in [2.05, 4.69) is 26.2 Å². The van der Waals surface area contributed by atoms with Crippen molar-refractivity contribution in [3.05, 3.63) is 45.1 Å². The summed E-state index contributed by atoms with van der Waals surface area (Å²) in [5, 5.41) is 2.89. The van der Waals surface area contributed by atoms with E-state index in [1.807, 2.05) is 0 Å². The van der Waals surface area contributed by atoms with E-state index in [9.17, 15) is 9.18 Å². The van der Waals surface area contributed by atoms with Gasteiger partial charge in [-0.05, 0) is 34.1 Å². The van der Waals surface area contributed by atoms with E-state index in [4.69, 9.17) is 0 Å². The number of thiazole rings is 1. The molecule has 0 aliphatic rings. The van der Waals surface area contributed by atoms with E-state index >= 15 is 0 Å². The van der Waals surface area contributed by atoms with Crippen molar-refractivity contribution in [3.63, 3.8) is 0 Å². The Balaban J connectivity index is 2.13. The fourth-order valence-electron chi connectivity index (χ4n) is 1.11. The van der Waals surface area contributed by atoms with Gasteiger partial charge in [0.1, 0.15) is 5.82 Å². The highest BCUT2D eigenvalue weighted by atomic mass is 79.9. The lowest BCUT2D eigenvalue weighted by atomic mass is 10.3. The molecule has 16 heavy (non-hydrogen) atoms. The highest BCUT2D eigenvalue weighted by molar-refractivity contribution is 9.11. The Morgan fingerprint density at radius 1 is 1.50 bits per heavy atom. The van der Waals surface area contributed by atoms with Gasteiger partial charge in [-0.3, -0.25) is 4.79 Å². The molecule has 0 spiro atoms. The van der Waals surface area contributed by atoms with Crippen molar-refractivity contribution in [1.29, 1.82) is 0 Å². The van der Waals surface area contributed by atoms with Crippen molar-refractivity contribution in [1.82, 2.24) is 4.98 Å². The van der Waals surface area contributed by atoms with Crippen LogP contribution in [0.4, 0.5) is 10.1 Å². The number of rotatable bonds is 2. The fraction of sp³-hybridized carbons (Fsp3) is 0. The Kier molecular flexibility index (Phi) is 3.31. The molecule has 0 bridgehead atoms. The largest absolute Gasteiger partial charge is 0.320 e. The number of anilines is 1. The van der Waals surface area contributed by atoms with Crippen molar-refractivity contribution >= 4 is 38.9 Å². The number of hydrogen-bond acceptors (Lipinski definition) is 3. The van der Waals surface area contributed by atoms with Gasteiger partial charge in [0.05, 0.1) is 9.98 Å². The molecule has 1 aromatic heterocycles. The van der Waals surface area contributed by atoms with Gasteiger partial charge in [0.15, 0.2) is 5.01 Å². The second-order valence-electron chi connectivity index (χ2n) is 2.93. The summed E-state index contributed by atoms with van der Waals surface area (Å²) in [6, 6.07) is 5.71. The third-order valence-corrected chi connectivity index (χ3v) is 3.23. The molecule has 0 fully saturated rings. The molecule has 0 saturated heterocycles. The van der Waals surface area contributed by atoms with Crippen LogP contribution < -0.4 is 5.32 Å². The molecule has 1 aromatic carbocycles. The average molecular weight is 301 g/mol. The molecule has 0 saturated carbocycles. The maximum absolute atomic E-state index is 12.9. The number of nitrogens with zero attached hydrogens (tertiary/aromatic N) is 1. The van der Waals surface area contributed by atoms with Crippen molar-refractivity contribution in [3.8, 4) is 0 Å². The standard InChI is InChI=1S/C10H6BrFN2OS/c11-8-5-13-10(16-8)9(15)14-7-3-1-2-6(12)4-7/h1-5H,(H,14,15). The minimum atomic E-state index is -0.391. The van der Waals surface area contributed by atoms with E-state index in [0.29, 0.717) is 10.7 Å². The Morgan fingerprint density at radius 3 is 2.94 bits per heavy atom. The average Bonchev–Trinajstić information content (AvgIpc) is 2.65. The number of hydrogen-bond donors (Lipinski definition) is 1. The van der Waals surface area contributed by atoms with Crippen molar-refractivity contribution in [2.45, 2.75) is 0 Å². The molecule has 1 N–H and O–H groups in total. The van der Waals surface area contributed by atoms with Gasteiger partial charge in [0.2, 0.25) is 0 Å². The van der Waals surface area contributed by atoms with Crippen molar-refractivity contribution in [2.75, 3.05) is 5.32 Å². The van der Waals surface area contributed by atoms with Crippen LogP contribution in [0.15, 0.2) is 34.2 Å². The lowest BCUT2D eigenvalue weighted by Crippen LogP contribution is -2.11. The summed E-state index contributed by atoms with van der Waals surface area (Å²) in [5.41, 5.74) is 0.413. The molecule has 6 heteroatoms. The predicted molar refractivity (Wildman–Crippen MR) is 64.2 cm³/mol. The third kappa shape index (κ3) is 2.65. The molecule has 0 atom stereocenters. The maximum Gasteiger partial charge on any atom is 0.284 e. The van der Waals surface area contributed by atoms with E-state index in [1.54, 1.807) is 12.3 Å². The first-order valence-electron chi connectivity index (χ1n) is 4.33. The first kappa shape index (κ1) is 11.2. The Hall–Kier alpha value is -1.27. The molecule has 0 aliphatic heterocycles. The molecule has 0 aliphatic carbocycles. The summed E-state index contributed by atoms with van der Waals surface area (Å²) in [7, 11) is 0. The van der Waals surface area contributed by atoms with Gasteiger partial charge in [0, 0.05) is 5.69 Å². The van der Waals surface area contributed by atoms with Crippen LogP contribution in [0.25, 0.3) is 0 Å². The number of halogens is 2. The van der Waals surface area contributed by atoms with Gasteiger partial charge in [-0.25, -0.2) is 9.37 Å². The summed E-state index contributed by atoms with van der Waals surface area (Å²) in [6.45, 7) is 0. The van der Waals surface area contributed by atoms with E-state index in [-0.39, 0.29) is 5.91 Å². The molecule has 2 rings (SSSR count). The molecule has 2 aromatic rings. The smallest absolute Gasteiger partial charge is 0.284 e. The van der Waals surface area contributed by atoms with Gasteiger partial charge < -0.3 is 5.32 Å². The van der Waals surface area contributed by atoms with Crippen LogP contribution in [0.3, 0.4) is 0 Å². The monoisotopic (exact) mass is 300 g/mol. The number of aromatic nitrogens is 1. The van der Waals surface area contributed by atoms with Crippen LogP contribution in [-0.4, -0.2) is 10.9 Å². The predicted octanol–water partition coefficient (Wildman–Crippen LogP) is 3.30. The first-order chi connectivity index (χ1) is 7.65. The molecular formula is C10H6BrFN2OS. The van der Waals surface area contributed by atoms with Gasteiger partial charge in [-0.1, -0.05) is 6.07 Å². The number of benzene rings is 1. The maximum atomic E-state index is 12.9. The zero-order chi connectivity index (χ0) is 11.5. The first-order valence-corrected chi connectivity index (χ1v) is 5.94. The molecular weight excluding hydrogens is 295 g/mol. The van der Waals surface area contributed by atoms with Crippen molar-refractivity contribution in [2.24, 2.45) is 0 Å². The van der Waals surface area contributed by atoms with Gasteiger partial charge >= 0.3 is 0 Å². The SMILES string of the molecule is O=C(Nc1cccc(F)c1)c1ncc(Br)s1. The Bertz CT molecular complexity index is 529. The summed E-state index contributed by atoms with van der Waals surface area (Å²) in [6.07, 6.45) is 1.55. The van der Waals surface area contributed by atoms with Crippen LogP contribution in [0.5, 0.6) is 0 Å². The highest BCUT2D eigenvalue weighted by Crippen LogP contribution is 2.20. The molecule has 3 nitrogen and oxygen atoms in total. The summed E-state index contributed by atoms with van der Waals surface area (Å²) < 4.78 is 13.6. The molecule has 1 amide bonds. The fourth-order valence-corrected chi connectivity index (χ4v) is 2.21. The zero-order valence-corrected chi connectivity index (χ0v) is 10.3. The summed E-state index contributed by atoms with van der Waals surface area (Å²) in [4.78, 5) is 15.5. The number of amides is 1. The lowest BCUT2D eigenvalue weighted by molar-refractivity contribution is 0.102. The molecule has 1 heterocycles. The second kappa shape index (κ2) is 4.71. The van der Waals surface area contributed by atoms with Crippen LogP contribution in [0.1, 0.15) is 9.80 Å². The van der Waals surface area contributed by atoms with E-state index in [1.165, 1.54) is 29.5 Å². The number of carbonyl (C=O) groups excluding carboxylic acids is 1. The normalized spacial score (nSPS) is 10.1. The number of carbonyl (C=O) groups is 1. The highest BCUT2D eigenvalue weighted by Gasteiger charge is 2.10. The van der Waals surface area contributed by atoms with Crippen molar-refractivity contribution < 1.29 is 9.18 Å². The van der Waals surface area contributed by atoms with Gasteiger partial charge in [-0.2, -0.15) is 0 Å². The summed E-state index contributed by atoms with van der Waals surface area (Å²) >= 11 is 4.43. The van der Waals surface area contributed by atoms with Crippen LogP contribution >= 0.6 is 27.3 Å². The Labute approximate surface area is 103 Å². The minimum absolute atomic E-state index is 0.330. The zero-order valence-electron chi connectivity index (χ0n) is 7.91. The van der Waals surface area contributed by atoms with Crippen LogP contribution in [0, 0.1) is 5.82 Å².